The van der Waals surface area contributed by atoms with Crippen molar-refractivity contribution in [1.29, 1.82) is 0 Å². The van der Waals surface area contributed by atoms with E-state index in [4.69, 9.17) is 4.99 Å². The summed E-state index contributed by atoms with van der Waals surface area (Å²) in [7, 11) is 0. The summed E-state index contributed by atoms with van der Waals surface area (Å²) in [6.07, 6.45) is 2.20. The smallest absolute Gasteiger partial charge is 0.131 e. The molecular formula is C19H17NO. The van der Waals surface area contributed by atoms with Crippen LogP contribution in [0.5, 0.6) is 0 Å². The Kier molecular flexibility index (Phi) is 2.27. The average Bonchev–Trinajstić information content (AvgIpc) is 2.70. The van der Waals surface area contributed by atoms with Crippen molar-refractivity contribution in [3.05, 3.63) is 74.6 Å². The quantitative estimate of drug-likeness (QED) is 0.788. The van der Waals surface area contributed by atoms with E-state index in [1.54, 1.807) is 0 Å². The zero-order chi connectivity index (χ0) is 14.8. The van der Waals surface area contributed by atoms with Gasteiger partial charge < -0.3 is 5.11 Å². The third-order valence-corrected chi connectivity index (χ3v) is 4.27. The molecule has 2 aliphatic rings. The van der Waals surface area contributed by atoms with E-state index in [0.29, 0.717) is 5.76 Å². The normalized spacial score (nSPS) is 17.5. The molecule has 0 atom stereocenters. The van der Waals surface area contributed by atoms with Gasteiger partial charge >= 0.3 is 0 Å². The van der Waals surface area contributed by atoms with Crippen LogP contribution in [-0.4, -0.2) is 10.6 Å². The third kappa shape index (κ3) is 1.69. The number of nitrogens with zero attached hydrogens (tertiary/aromatic N) is 1. The van der Waals surface area contributed by atoms with E-state index >= 15 is 0 Å². The number of allylic oxidation sites excluding steroid dienone is 1. The molecule has 0 saturated heterocycles. The second-order valence-electron chi connectivity index (χ2n) is 6.40. The highest BCUT2D eigenvalue weighted by Crippen LogP contribution is 2.25. The summed E-state index contributed by atoms with van der Waals surface area (Å²) in [5.41, 5.74) is 3.12. The van der Waals surface area contributed by atoms with Crippen LogP contribution in [0.4, 0.5) is 0 Å². The molecule has 2 aromatic rings. The number of aliphatic hydroxyl groups excluding tert-OH is 1. The average molecular weight is 275 g/mol. The lowest BCUT2D eigenvalue weighted by Gasteiger charge is -2.22. The molecule has 0 fully saturated rings. The Bertz CT molecular complexity index is 1030. The molecule has 0 spiro atoms. The van der Waals surface area contributed by atoms with Crippen molar-refractivity contribution in [1.82, 2.24) is 0 Å². The molecule has 21 heavy (non-hydrogen) atoms. The zero-order valence-corrected chi connectivity index (χ0v) is 12.4. The van der Waals surface area contributed by atoms with Crippen molar-refractivity contribution >= 4 is 11.3 Å². The molecule has 0 bridgehead atoms. The number of benzene rings is 2. The van der Waals surface area contributed by atoms with E-state index in [9.17, 15) is 5.11 Å². The first-order valence-corrected chi connectivity index (χ1v) is 7.23. The lowest BCUT2D eigenvalue weighted by Crippen LogP contribution is -2.25. The van der Waals surface area contributed by atoms with E-state index in [-0.39, 0.29) is 5.54 Å². The van der Waals surface area contributed by atoms with Crippen LogP contribution in [0.25, 0.3) is 11.3 Å². The van der Waals surface area contributed by atoms with Crippen LogP contribution in [-0.2, 0) is 0 Å². The van der Waals surface area contributed by atoms with Gasteiger partial charge in [0.25, 0.3) is 0 Å². The molecule has 2 heteroatoms. The molecule has 2 nitrogen and oxygen atoms in total. The van der Waals surface area contributed by atoms with Gasteiger partial charge in [-0.1, -0.05) is 30.3 Å². The van der Waals surface area contributed by atoms with E-state index in [2.05, 4.69) is 39.0 Å². The molecule has 1 aliphatic heterocycles. The van der Waals surface area contributed by atoms with Gasteiger partial charge in [-0.05, 0) is 48.9 Å². The van der Waals surface area contributed by atoms with Crippen LogP contribution in [0.2, 0.25) is 0 Å². The van der Waals surface area contributed by atoms with Gasteiger partial charge in [0.15, 0.2) is 0 Å². The van der Waals surface area contributed by atoms with Crippen molar-refractivity contribution < 1.29 is 5.11 Å². The Hall–Kier alpha value is -2.35. The van der Waals surface area contributed by atoms with Gasteiger partial charge in [0.2, 0.25) is 0 Å². The van der Waals surface area contributed by atoms with E-state index < -0.39 is 0 Å². The van der Waals surface area contributed by atoms with Crippen LogP contribution in [0.3, 0.4) is 0 Å². The molecule has 1 aliphatic carbocycles. The summed E-state index contributed by atoms with van der Waals surface area (Å²) in [4.78, 5) is 4.80. The number of hydrogen-bond acceptors (Lipinski definition) is 2. The topological polar surface area (TPSA) is 32.6 Å². The summed E-state index contributed by atoms with van der Waals surface area (Å²) in [6, 6.07) is 12.2. The lowest BCUT2D eigenvalue weighted by molar-refractivity contribution is 0.508. The molecule has 0 saturated carbocycles. The highest BCUT2D eigenvalue weighted by atomic mass is 16.3. The van der Waals surface area contributed by atoms with Gasteiger partial charge in [-0.15, -0.1) is 0 Å². The van der Waals surface area contributed by atoms with Crippen LogP contribution in [0.15, 0.2) is 47.5 Å². The van der Waals surface area contributed by atoms with Crippen LogP contribution >= 0.6 is 0 Å². The SMILES string of the molecule is CC1=CC(C)(C)N=c2cc3c(cc21)=c1ccccc1=C3O. The zero-order valence-electron chi connectivity index (χ0n) is 12.4. The summed E-state index contributed by atoms with van der Waals surface area (Å²) >= 11 is 0. The maximum atomic E-state index is 10.5. The number of aliphatic hydroxyl groups is 1. The second-order valence-corrected chi connectivity index (χ2v) is 6.40. The van der Waals surface area contributed by atoms with Gasteiger partial charge in [0.05, 0.1) is 10.9 Å². The van der Waals surface area contributed by atoms with E-state index in [1.807, 2.05) is 24.3 Å². The Balaban J connectivity index is 2.21. The van der Waals surface area contributed by atoms with Gasteiger partial charge in [-0.2, -0.15) is 0 Å². The first-order chi connectivity index (χ1) is 9.96. The summed E-state index contributed by atoms with van der Waals surface area (Å²) in [6.45, 7) is 6.34. The van der Waals surface area contributed by atoms with Crippen LogP contribution in [0.1, 0.15) is 31.9 Å². The Morgan fingerprint density at radius 2 is 1.67 bits per heavy atom. The van der Waals surface area contributed by atoms with Crippen molar-refractivity contribution in [2.24, 2.45) is 4.99 Å². The van der Waals surface area contributed by atoms with Crippen LogP contribution < -0.4 is 10.6 Å². The number of hydrogen-bond donors (Lipinski definition) is 1. The molecule has 4 rings (SSSR count). The molecule has 1 heterocycles. The number of fused-ring (bicyclic) bond motifs is 3. The summed E-state index contributed by atoms with van der Waals surface area (Å²) in [5.74, 6) is 0.364. The summed E-state index contributed by atoms with van der Waals surface area (Å²) < 4.78 is 0. The van der Waals surface area contributed by atoms with Gasteiger partial charge in [0.1, 0.15) is 5.76 Å². The molecule has 1 N–H and O–H groups in total. The molecule has 0 radical (unpaired) electrons. The molecule has 0 amide bonds. The highest BCUT2D eigenvalue weighted by molar-refractivity contribution is 5.71. The van der Waals surface area contributed by atoms with E-state index in [1.165, 1.54) is 5.57 Å². The summed E-state index contributed by atoms with van der Waals surface area (Å²) in [5, 5.41) is 14.6. The van der Waals surface area contributed by atoms with E-state index in [0.717, 1.165) is 32.1 Å². The fraction of sp³-hybridized carbons (Fsp3) is 0.211. The number of rotatable bonds is 0. The standard InChI is InChI=1S/C19H17NO/c1-11-10-19(2,3)20-17-9-16-15(8-14(11)17)12-6-4-5-7-13(12)18(16)21/h4-10,21H,1-3H3. The maximum absolute atomic E-state index is 10.5. The Labute approximate surface area is 123 Å². The minimum atomic E-state index is -0.188. The first kappa shape index (κ1) is 12.4. The minimum absolute atomic E-state index is 0.188. The predicted octanol–water partition coefficient (Wildman–Crippen LogP) is 2.82. The maximum Gasteiger partial charge on any atom is 0.131 e. The van der Waals surface area contributed by atoms with Crippen LogP contribution in [0, 0.1) is 10.4 Å². The Morgan fingerprint density at radius 3 is 2.43 bits per heavy atom. The second kappa shape index (κ2) is 3.85. The molecular weight excluding hydrogens is 258 g/mol. The Morgan fingerprint density at radius 1 is 0.952 bits per heavy atom. The monoisotopic (exact) mass is 275 g/mol. The third-order valence-electron chi connectivity index (χ3n) is 4.27. The minimum Gasteiger partial charge on any atom is -0.507 e. The van der Waals surface area contributed by atoms with Gasteiger partial charge in [-0.25, -0.2) is 0 Å². The van der Waals surface area contributed by atoms with Crippen molar-refractivity contribution in [3.63, 3.8) is 0 Å². The van der Waals surface area contributed by atoms with Gasteiger partial charge in [-0.3, -0.25) is 4.99 Å². The van der Waals surface area contributed by atoms with Crippen molar-refractivity contribution in [2.75, 3.05) is 0 Å². The van der Waals surface area contributed by atoms with Gasteiger partial charge in [0, 0.05) is 16.3 Å². The fourth-order valence-electron chi connectivity index (χ4n) is 3.44. The largest absolute Gasteiger partial charge is 0.507 e. The molecule has 104 valence electrons. The first-order valence-electron chi connectivity index (χ1n) is 7.23. The predicted molar refractivity (Wildman–Crippen MR) is 84.2 cm³/mol. The van der Waals surface area contributed by atoms with Crippen molar-refractivity contribution in [3.8, 4) is 0 Å². The molecule has 0 aromatic heterocycles. The highest BCUT2D eigenvalue weighted by Gasteiger charge is 2.21. The molecule has 0 unspecified atom stereocenters. The fourth-order valence-corrected chi connectivity index (χ4v) is 3.44. The molecule has 2 aromatic carbocycles. The van der Waals surface area contributed by atoms with Crippen molar-refractivity contribution in [2.45, 2.75) is 26.3 Å². The lowest BCUT2D eigenvalue weighted by atomic mass is 9.93.